The first kappa shape index (κ1) is 13.9. The lowest BCUT2D eigenvalue weighted by Crippen LogP contribution is -2.29. The maximum absolute atomic E-state index is 11.9. The smallest absolute Gasteiger partial charge is 0.287 e. The number of carbonyl (C=O) groups excluding carboxylic acids is 1. The summed E-state index contributed by atoms with van der Waals surface area (Å²) in [6.07, 6.45) is 10.6. The molecule has 2 N–H and O–H groups in total. The van der Waals surface area contributed by atoms with Gasteiger partial charge in [0.1, 0.15) is 5.69 Å². The van der Waals surface area contributed by atoms with Gasteiger partial charge in [-0.05, 0) is 59.5 Å². The molecule has 4 nitrogen and oxygen atoms in total. The normalized spacial score (nSPS) is 28.1. The standard InChI is InChI=1S/C15H20BrN3O/c16-12-8-14(17-9-12)15(20)19-18-13-6-5-10-3-1-2-4-11(10)7-13/h8-11,17H,1-7H2,(H,19,20)/b18-13-/t10-,11+/m1/s1. The molecule has 2 atom stereocenters. The van der Waals surface area contributed by atoms with Crippen molar-refractivity contribution in [1.82, 2.24) is 10.4 Å². The van der Waals surface area contributed by atoms with Gasteiger partial charge in [-0.25, -0.2) is 5.43 Å². The molecule has 0 bridgehead atoms. The molecular formula is C15H20BrN3O. The average molecular weight is 338 g/mol. The number of amides is 1. The minimum Gasteiger partial charge on any atom is -0.356 e. The van der Waals surface area contributed by atoms with Crippen molar-refractivity contribution in [3.05, 3.63) is 22.4 Å². The predicted molar refractivity (Wildman–Crippen MR) is 82.7 cm³/mol. The number of nitrogens with zero attached hydrogens (tertiary/aromatic N) is 1. The van der Waals surface area contributed by atoms with Crippen LogP contribution >= 0.6 is 15.9 Å². The third-order valence-corrected chi connectivity index (χ3v) is 5.03. The number of aromatic amines is 1. The molecule has 0 unspecified atom stereocenters. The summed E-state index contributed by atoms with van der Waals surface area (Å²) in [6, 6.07) is 1.76. The zero-order valence-corrected chi connectivity index (χ0v) is 13.1. The Hall–Kier alpha value is -1.10. The molecule has 3 rings (SSSR count). The summed E-state index contributed by atoms with van der Waals surface area (Å²) in [5.41, 5.74) is 4.37. The number of hydrazone groups is 1. The van der Waals surface area contributed by atoms with Crippen molar-refractivity contribution in [2.75, 3.05) is 0 Å². The largest absolute Gasteiger partial charge is 0.356 e. The number of aromatic nitrogens is 1. The second kappa shape index (κ2) is 6.12. The summed E-state index contributed by atoms with van der Waals surface area (Å²) < 4.78 is 0.873. The number of hydrogen-bond acceptors (Lipinski definition) is 2. The van der Waals surface area contributed by atoms with Gasteiger partial charge >= 0.3 is 0 Å². The SMILES string of the molecule is O=C(N/N=C1/CC[C@H]2CCCC[C@H]2C1)c1cc(Br)c[nH]1. The van der Waals surface area contributed by atoms with Gasteiger partial charge in [-0.15, -0.1) is 0 Å². The third-order valence-electron chi connectivity index (χ3n) is 4.58. The molecule has 2 saturated carbocycles. The van der Waals surface area contributed by atoms with E-state index in [9.17, 15) is 4.79 Å². The first-order chi connectivity index (χ1) is 9.72. The fourth-order valence-electron chi connectivity index (χ4n) is 3.48. The Labute approximate surface area is 127 Å². The summed E-state index contributed by atoms with van der Waals surface area (Å²) in [6.45, 7) is 0. The van der Waals surface area contributed by atoms with Gasteiger partial charge in [-0.1, -0.05) is 19.3 Å². The van der Waals surface area contributed by atoms with E-state index in [-0.39, 0.29) is 5.91 Å². The number of rotatable bonds is 2. The van der Waals surface area contributed by atoms with Crippen molar-refractivity contribution in [2.24, 2.45) is 16.9 Å². The van der Waals surface area contributed by atoms with Crippen LogP contribution in [0.25, 0.3) is 0 Å². The van der Waals surface area contributed by atoms with Crippen molar-refractivity contribution in [3.8, 4) is 0 Å². The summed E-state index contributed by atoms with van der Waals surface area (Å²) in [4.78, 5) is 14.8. The molecule has 2 aliphatic rings. The first-order valence-electron chi connectivity index (χ1n) is 7.42. The molecule has 2 aliphatic carbocycles. The molecule has 0 aliphatic heterocycles. The van der Waals surface area contributed by atoms with Crippen LogP contribution in [-0.2, 0) is 0 Å². The highest BCUT2D eigenvalue weighted by Crippen LogP contribution is 2.39. The Morgan fingerprint density at radius 2 is 2.10 bits per heavy atom. The van der Waals surface area contributed by atoms with Gasteiger partial charge in [-0.3, -0.25) is 4.79 Å². The molecule has 2 fully saturated rings. The summed E-state index contributed by atoms with van der Waals surface area (Å²) in [5, 5.41) is 4.34. The number of halogens is 1. The van der Waals surface area contributed by atoms with Crippen molar-refractivity contribution in [1.29, 1.82) is 0 Å². The van der Waals surface area contributed by atoms with E-state index in [0.29, 0.717) is 5.69 Å². The third kappa shape index (κ3) is 3.14. The lowest BCUT2D eigenvalue weighted by atomic mass is 9.70. The zero-order valence-electron chi connectivity index (χ0n) is 11.5. The Balaban J connectivity index is 1.58. The topological polar surface area (TPSA) is 57.2 Å². The molecule has 20 heavy (non-hydrogen) atoms. The van der Waals surface area contributed by atoms with Gasteiger partial charge in [-0.2, -0.15) is 5.10 Å². The van der Waals surface area contributed by atoms with E-state index < -0.39 is 0 Å². The number of H-pyrrole nitrogens is 1. The second-order valence-electron chi connectivity index (χ2n) is 5.90. The number of carbonyl (C=O) groups is 1. The fraction of sp³-hybridized carbons (Fsp3) is 0.600. The Kier molecular flexibility index (Phi) is 4.24. The van der Waals surface area contributed by atoms with Crippen LogP contribution < -0.4 is 5.43 Å². The van der Waals surface area contributed by atoms with Crippen molar-refractivity contribution in [2.45, 2.75) is 44.9 Å². The Bertz CT molecular complexity index is 523. The van der Waals surface area contributed by atoms with E-state index in [0.717, 1.165) is 34.9 Å². The molecule has 0 spiro atoms. The Morgan fingerprint density at radius 1 is 1.30 bits per heavy atom. The average Bonchev–Trinajstić information content (AvgIpc) is 2.91. The van der Waals surface area contributed by atoms with Gasteiger partial charge in [0, 0.05) is 16.4 Å². The molecule has 5 heteroatoms. The highest BCUT2D eigenvalue weighted by Gasteiger charge is 2.30. The van der Waals surface area contributed by atoms with Gasteiger partial charge < -0.3 is 4.98 Å². The monoisotopic (exact) mass is 337 g/mol. The maximum atomic E-state index is 11.9. The van der Waals surface area contributed by atoms with Crippen LogP contribution in [-0.4, -0.2) is 16.6 Å². The Morgan fingerprint density at radius 3 is 2.85 bits per heavy atom. The minimum absolute atomic E-state index is 0.172. The van der Waals surface area contributed by atoms with E-state index >= 15 is 0 Å². The zero-order chi connectivity index (χ0) is 13.9. The highest BCUT2D eigenvalue weighted by atomic mass is 79.9. The van der Waals surface area contributed by atoms with Crippen LogP contribution in [0.15, 0.2) is 21.8 Å². The summed E-state index contributed by atoms with van der Waals surface area (Å²) >= 11 is 3.32. The van der Waals surface area contributed by atoms with Crippen molar-refractivity contribution >= 4 is 27.5 Å². The minimum atomic E-state index is -0.172. The van der Waals surface area contributed by atoms with Crippen LogP contribution in [0.5, 0.6) is 0 Å². The molecule has 1 aromatic rings. The van der Waals surface area contributed by atoms with Gasteiger partial charge in [0.2, 0.25) is 0 Å². The molecule has 1 heterocycles. The van der Waals surface area contributed by atoms with Crippen LogP contribution in [0.3, 0.4) is 0 Å². The van der Waals surface area contributed by atoms with Gasteiger partial charge in [0.25, 0.3) is 5.91 Å². The van der Waals surface area contributed by atoms with E-state index in [2.05, 4.69) is 31.4 Å². The summed E-state index contributed by atoms with van der Waals surface area (Å²) in [5.74, 6) is 1.53. The van der Waals surface area contributed by atoms with Gasteiger partial charge in [0.15, 0.2) is 0 Å². The molecule has 108 valence electrons. The van der Waals surface area contributed by atoms with E-state index in [1.807, 2.05) is 0 Å². The predicted octanol–water partition coefficient (Wildman–Crippen LogP) is 3.85. The molecule has 1 amide bonds. The fourth-order valence-corrected chi connectivity index (χ4v) is 3.82. The number of nitrogens with one attached hydrogen (secondary N) is 2. The molecule has 0 aromatic carbocycles. The molecule has 1 aromatic heterocycles. The van der Waals surface area contributed by atoms with Crippen molar-refractivity contribution < 1.29 is 4.79 Å². The lowest BCUT2D eigenvalue weighted by Gasteiger charge is -2.35. The number of fused-ring (bicyclic) bond motifs is 1. The summed E-state index contributed by atoms with van der Waals surface area (Å²) in [7, 11) is 0. The van der Waals surface area contributed by atoms with Crippen LogP contribution in [0, 0.1) is 11.8 Å². The van der Waals surface area contributed by atoms with Crippen LogP contribution in [0.2, 0.25) is 0 Å². The quantitative estimate of drug-likeness (QED) is 0.791. The second-order valence-corrected chi connectivity index (χ2v) is 6.81. The molecule has 0 saturated heterocycles. The van der Waals surface area contributed by atoms with Gasteiger partial charge in [0.05, 0.1) is 0 Å². The van der Waals surface area contributed by atoms with Crippen LogP contribution in [0.4, 0.5) is 0 Å². The maximum Gasteiger partial charge on any atom is 0.287 e. The number of hydrogen-bond donors (Lipinski definition) is 2. The lowest BCUT2D eigenvalue weighted by molar-refractivity contribution is 0.0949. The molecule has 0 radical (unpaired) electrons. The first-order valence-corrected chi connectivity index (χ1v) is 8.21. The van der Waals surface area contributed by atoms with Crippen LogP contribution in [0.1, 0.15) is 55.4 Å². The highest BCUT2D eigenvalue weighted by molar-refractivity contribution is 9.10. The van der Waals surface area contributed by atoms with E-state index in [1.54, 1.807) is 12.3 Å². The van der Waals surface area contributed by atoms with E-state index in [1.165, 1.54) is 32.1 Å². The molecular weight excluding hydrogens is 318 g/mol. The van der Waals surface area contributed by atoms with E-state index in [4.69, 9.17) is 0 Å². The van der Waals surface area contributed by atoms with Crippen molar-refractivity contribution in [3.63, 3.8) is 0 Å².